The van der Waals surface area contributed by atoms with Gasteiger partial charge in [-0.3, -0.25) is 19.2 Å². The van der Waals surface area contributed by atoms with Crippen molar-refractivity contribution in [1.29, 1.82) is 0 Å². The maximum Gasteiger partial charge on any atom is 0.408 e. The molecule has 2 aliphatic rings. The second-order valence-electron chi connectivity index (χ2n) is 13.1. The van der Waals surface area contributed by atoms with Crippen molar-refractivity contribution in [3.8, 4) is 0 Å². The molecule has 4 amide bonds. The summed E-state index contributed by atoms with van der Waals surface area (Å²) in [5.41, 5.74) is -1.60. The van der Waals surface area contributed by atoms with E-state index in [1.807, 2.05) is 34.6 Å². The van der Waals surface area contributed by atoms with Crippen molar-refractivity contribution in [2.45, 2.75) is 92.0 Å². The zero-order valence-corrected chi connectivity index (χ0v) is 24.7. The number of piperidine rings is 1. The van der Waals surface area contributed by atoms with E-state index in [2.05, 4.69) is 29.1 Å². The van der Waals surface area contributed by atoms with Gasteiger partial charge in [-0.1, -0.05) is 46.8 Å². The highest BCUT2D eigenvalue weighted by Gasteiger charge is 2.69. The lowest BCUT2D eigenvalue weighted by Crippen LogP contribution is -2.60. The molecule has 0 aromatic carbocycles. The van der Waals surface area contributed by atoms with Gasteiger partial charge in [-0.15, -0.1) is 13.2 Å². The van der Waals surface area contributed by atoms with E-state index < -0.39 is 58.7 Å². The summed E-state index contributed by atoms with van der Waals surface area (Å²) in [6, 6.07) is -2.87. The van der Waals surface area contributed by atoms with Crippen LogP contribution in [-0.2, 0) is 23.9 Å². The molecule has 218 valence electrons. The van der Waals surface area contributed by atoms with Gasteiger partial charge in [-0.05, 0) is 56.3 Å². The van der Waals surface area contributed by atoms with Crippen molar-refractivity contribution in [2.24, 2.45) is 22.7 Å². The van der Waals surface area contributed by atoms with E-state index in [0.29, 0.717) is 13.0 Å². The van der Waals surface area contributed by atoms with Gasteiger partial charge in [0, 0.05) is 13.1 Å². The number of hydrogen-bond acceptors (Lipinski definition) is 6. The van der Waals surface area contributed by atoms with Gasteiger partial charge in [-0.2, -0.15) is 0 Å². The van der Waals surface area contributed by atoms with Crippen LogP contribution in [0.15, 0.2) is 25.3 Å². The number of carbonyl (C=O) groups is 5. The predicted octanol–water partition coefficient (Wildman–Crippen LogP) is 2.73. The van der Waals surface area contributed by atoms with Crippen LogP contribution >= 0.6 is 0 Å². The maximum atomic E-state index is 13.9. The summed E-state index contributed by atoms with van der Waals surface area (Å²) in [6.07, 6.45) is 2.94. The molecule has 10 heteroatoms. The average Bonchev–Trinajstić information content (AvgIpc) is 3.14. The smallest absolute Gasteiger partial charge is 0.408 e. The average molecular weight is 547 g/mol. The molecule has 0 aromatic heterocycles. The Balaban J connectivity index is 2.32. The topological polar surface area (TPSA) is 134 Å². The first-order valence-electron chi connectivity index (χ1n) is 13.5. The van der Waals surface area contributed by atoms with Gasteiger partial charge in [0.1, 0.15) is 17.7 Å². The zero-order chi connectivity index (χ0) is 29.9. The molecule has 5 atom stereocenters. The monoisotopic (exact) mass is 546 g/mol. The third-order valence-corrected chi connectivity index (χ3v) is 7.46. The van der Waals surface area contributed by atoms with E-state index in [1.54, 1.807) is 26.8 Å². The Bertz CT molecular complexity index is 1010. The van der Waals surface area contributed by atoms with Crippen LogP contribution in [0, 0.1) is 22.7 Å². The molecule has 1 heterocycles. The third kappa shape index (κ3) is 7.70. The molecule has 2 unspecified atom stereocenters. The second-order valence-corrected chi connectivity index (χ2v) is 13.1. The Hall–Kier alpha value is -3.17. The first-order valence-corrected chi connectivity index (χ1v) is 13.5. The minimum Gasteiger partial charge on any atom is -0.444 e. The predicted molar refractivity (Wildman–Crippen MR) is 148 cm³/mol. The first-order chi connectivity index (χ1) is 17.9. The van der Waals surface area contributed by atoms with Gasteiger partial charge in [0.05, 0.1) is 6.04 Å². The van der Waals surface area contributed by atoms with Gasteiger partial charge in [0.25, 0.3) is 5.91 Å². The van der Waals surface area contributed by atoms with Crippen LogP contribution in [0.25, 0.3) is 0 Å². The number of alkyl carbamates (subject to hydrolysis) is 1. The number of nitrogens with zero attached hydrogens (tertiary/aromatic N) is 1. The molecule has 1 saturated carbocycles. The van der Waals surface area contributed by atoms with E-state index >= 15 is 0 Å². The lowest BCUT2D eigenvalue weighted by Gasteiger charge is -2.38. The Labute approximate surface area is 232 Å². The summed E-state index contributed by atoms with van der Waals surface area (Å²) >= 11 is 0. The van der Waals surface area contributed by atoms with Crippen molar-refractivity contribution in [3.05, 3.63) is 25.3 Å². The SMILES string of the molecule is C=CCCC(NC(=O)[C@@H]1[C@@H]2C(CN1C(=O)[C@@H](NC(=O)OC(C)(C)C)C(C)(C)C)C2(C)C)C(=O)C(=O)NCC=C. The maximum absolute atomic E-state index is 13.9. The summed E-state index contributed by atoms with van der Waals surface area (Å²) in [5, 5.41) is 7.92. The van der Waals surface area contributed by atoms with Crippen molar-refractivity contribution in [3.63, 3.8) is 0 Å². The molecule has 39 heavy (non-hydrogen) atoms. The molecule has 1 aliphatic carbocycles. The molecule has 2 rings (SSSR count). The lowest BCUT2D eigenvalue weighted by atomic mass is 9.85. The van der Waals surface area contributed by atoms with Crippen LogP contribution < -0.4 is 16.0 Å². The van der Waals surface area contributed by atoms with E-state index in [4.69, 9.17) is 4.74 Å². The fourth-order valence-corrected chi connectivity index (χ4v) is 5.27. The molecule has 3 N–H and O–H groups in total. The molecular formula is C29H46N4O6. The Kier molecular flexibility index (Phi) is 9.79. The summed E-state index contributed by atoms with van der Waals surface area (Å²) in [4.78, 5) is 67.0. The summed E-state index contributed by atoms with van der Waals surface area (Å²) < 4.78 is 5.39. The fourth-order valence-electron chi connectivity index (χ4n) is 5.27. The molecule has 1 saturated heterocycles. The molecule has 10 nitrogen and oxygen atoms in total. The molecule has 0 spiro atoms. The van der Waals surface area contributed by atoms with Crippen molar-refractivity contribution in [1.82, 2.24) is 20.9 Å². The summed E-state index contributed by atoms with van der Waals surface area (Å²) in [7, 11) is 0. The number of likely N-dealkylation sites (tertiary alicyclic amines) is 1. The number of rotatable bonds is 11. The largest absolute Gasteiger partial charge is 0.444 e. The third-order valence-electron chi connectivity index (χ3n) is 7.46. The van der Waals surface area contributed by atoms with E-state index in [0.717, 1.165) is 0 Å². The number of ether oxygens (including phenoxy) is 1. The number of hydrogen-bond donors (Lipinski definition) is 3. The Morgan fingerprint density at radius 3 is 2.15 bits per heavy atom. The number of ketones is 1. The first kappa shape index (κ1) is 32.0. The van der Waals surface area contributed by atoms with Crippen molar-refractivity contribution >= 4 is 29.6 Å². The highest BCUT2D eigenvalue weighted by Crippen LogP contribution is 2.65. The van der Waals surface area contributed by atoms with Gasteiger partial charge in [0.2, 0.25) is 17.6 Å². The van der Waals surface area contributed by atoms with Crippen LogP contribution in [0.5, 0.6) is 0 Å². The van der Waals surface area contributed by atoms with Crippen LogP contribution in [0.2, 0.25) is 0 Å². The van der Waals surface area contributed by atoms with E-state index in [1.165, 1.54) is 11.0 Å². The van der Waals surface area contributed by atoms with Crippen LogP contribution in [-0.4, -0.2) is 71.3 Å². The number of amides is 4. The number of fused-ring (bicyclic) bond motifs is 1. The van der Waals surface area contributed by atoms with Gasteiger partial charge in [0.15, 0.2) is 0 Å². The number of nitrogens with one attached hydrogen (secondary N) is 3. The molecule has 0 bridgehead atoms. The molecule has 0 aromatic rings. The summed E-state index contributed by atoms with van der Waals surface area (Å²) in [5.74, 6) is -2.50. The Morgan fingerprint density at radius 2 is 1.64 bits per heavy atom. The molecule has 1 aliphatic heterocycles. The molecule has 2 fully saturated rings. The quantitative estimate of drug-likeness (QED) is 0.270. The van der Waals surface area contributed by atoms with Crippen LogP contribution in [0.3, 0.4) is 0 Å². The number of Topliss-reactive ketones (excluding diaryl/α,β-unsaturated/α-hetero) is 1. The van der Waals surface area contributed by atoms with Crippen molar-refractivity contribution in [2.75, 3.05) is 13.1 Å². The fraction of sp³-hybridized carbons (Fsp3) is 0.690. The van der Waals surface area contributed by atoms with Crippen LogP contribution in [0.4, 0.5) is 4.79 Å². The second kappa shape index (κ2) is 11.9. The van der Waals surface area contributed by atoms with Crippen molar-refractivity contribution < 1.29 is 28.7 Å². The normalized spacial score (nSPS) is 23.0. The number of allylic oxidation sites excluding steroid dienone is 1. The van der Waals surface area contributed by atoms with Gasteiger partial charge in [-0.25, -0.2) is 4.79 Å². The number of carbonyl (C=O) groups excluding carboxylic acids is 5. The highest BCUT2D eigenvalue weighted by atomic mass is 16.6. The zero-order valence-electron chi connectivity index (χ0n) is 24.7. The minimum absolute atomic E-state index is 0.0950. The summed E-state index contributed by atoms with van der Waals surface area (Å²) in [6.45, 7) is 22.4. The van der Waals surface area contributed by atoms with Gasteiger partial charge < -0.3 is 25.6 Å². The lowest BCUT2D eigenvalue weighted by molar-refractivity contribution is -0.145. The molecule has 0 radical (unpaired) electrons. The Morgan fingerprint density at radius 1 is 1.03 bits per heavy atom. The van der Waals surface area contributed by atoms with Gasteiger partial charge >= 0.3 is 6.09 Å². The molecular weight excluding hydrogens is 500 g/mol. The van der Waals surface area contributed by atoms with Crippen LogP contribution in [0.1, 0.15) is 68.2 Å². The highest BCUT2D eigenvalue weighted by molar-refractivity contribution is 6.38. The van der Waals surface area contributed by atoms with E-state index in [-0.39, 0.29) is 30.2 Å². The van der Waals surface area contributed by atoms with E-state index in [9.17, 15) is 24.0 Å². The minimum atomic E-state index is -1.07. The standard InChI is InChI=1S/C29H46N4O6/c1-11-13-14-18(21(34)24(36)30-15-12-2)31-23(35)20-19-17(29(19,9)10)16-33(20)25(37)22(27(3,4)5)32-26(38)39-28(6,7)8/h11-12,17-20,22H,1-2,13-16H2,3-10H3,(H,30,36)(H,31,35)(H,32,38)/t17?,18?,19-,20-,22+/m0/s1.